The van der Waals surface area contributed by atoms with E-state index in [0.717, 1.165) is 31.4 Å². The number of nitrogens with zero attached hydrogens (tertiary/aromatic N) is 1. The van der Waals surface area contributed by atoms with Gasteiger partial charge in [0.25, 0.3) is 5.91 Å². The van der Waals surface area contributed by atoms with Crippen LogP contribution in [0.25, 0.3) is 10.2 Å². The van der Waals surface area contributed by atoms with Crippen LogP contribution in [0, 0.1) is 5.82 Å². The Morgan fingerprint density at radius 1 is 1.19 bits per heavy atom. The second kappa shape index (κ2) is 7.74. The lowest BCUT2D eigenvalue weighted by atomic mass is 9.96. The Kier molecular flexibility index (Phi) is 5.18. The van der Waals surface area contributed by atoms with Gasteiger partial charge in [-0.15, -0.1) is 11.3 Å². The smallest absolute Gasteiger partial charge is 0.282 e. The van der Waals surface area contributed by atoms with Crippen LogP contribution in [0.3, 0.4) is 0 Å². The topological polar surface area (TPSA) is 46.4 Å². The van der Waals surface area contributed by atoms with Crippen LogP contribution in [-0.4, -0.2) is 30.0 Å². The van der Waals surface area contributed by atoms with Crippen LogP contribution in [0.4, 0.5) is 10.1 Å². The lowest BCUT2D eigenvalue weighted by Gasteiger charge is -2.31. The summed E-state index contributed by atoms with van der Waals surface area (Å²) in [5.74, 6) is -0.0656. The summed E-state index contributed by atoms with van der Waals surface area (Å²) < 4.78 is 15.0. The minimum atomic E-state index is -0.400. The fourth-order valence-corrected chi connectivity index (χ4v) is 4.86. The highest BCUT2D eigenvalue weighted by Crippen LogP contribution is 2.31. The molecule has 1 saturated heterocycles. The van der Waals surface area contributed by atoms with Crippen molar-refractivity contribution in [3.63, 3.8) is 0 Å². The fraction of sp³-hybridized carbons (Fsp3) is 0.333. The van der Waals surface area contributed by atoms with Gasteiger partial charge in [-0.3, -0.25) is 4.79 Å². The number of hydrogen-bond acceptors (Lipinski definition) is 3. The quantitative estimate of drug-likeness (QED) is 0.726. The minimum absolute atomic E-state index is 0.131. The molecule has 4 nitrogen and oxygen atoms in total. The third-order valence-electron chi connectivity index (χ3n) is 5.42. The van der Waals surface area contributed by atoms with Gasteiger partial charge >= 0.3 is 0 Å². The van der Waals surface area contributed by atoms with E-state index in [1.165, 1.54) is 20.7 Å². The molecule has 4 rings (SSSR count). The first-order valence-electron chi connectivity index (χ1n) is 9.37. The number of hydrogen-bond donors (Lipinski definition) is 2. The standard InChI is InChI=1S/C21H22FN3OS/c1-14(20(26)23-17-7-3-2-6-16(17)22)25-12-10-15(11-13-25)21-24-18-8-4-5-9-19(18)27-21/h2-9,14-15H,10-13H2,1H3,(H,23,26)/p+1/t14-/m0/s1. The first-order chi connectivity index (χ1) is 13.1. The molecular formula is C21H23FN3OS+. The summed E-state index contributed by atoms with van der Waals surface area (Å²) in [7, 11) is 0. The number of nitrogens with one attached hydrogen (secondary N) is 2. The van der Waals surface area contributed by atoms with E-state index in [0.29, 0.717) is 5.92 Å². The van der Waals surface area contributed by atoms with Crippen molar-refractivity contribution >= 4 is 33.1 Å². The van der Waals surface area contributed by atoms with E-state index in [4.69, 9.17) is 4.98 Å². The molecule has 140 valence electrons. The first kappa shape index (κ1) is 18.1. The Bertz CT molecular complexity index is 916. The zero-order chi connectivity index (χ0) is 18.8. The molecule has 1 atom stereocenters. The Labute approximate surface area is 162 Å². The number of aromatic nitrogens is 1. The molecule has 0 spiro atoms. The number of piperidine rings is 1. The molecule has 6 heteroatoms. The molecular weight excluding hydrogens is 361 g/mol. The summed E-state index contributed by atoms with van der Waals surface area (Å²) in [6, 6.07) is 14.3. The highest BCUT2D eigenvalue weighted by Gasteiger charge is 2.32. The number of likely N-dealkylation sites (tertiary alicyclic amines) is 1. The van der Waals surface area contributed by atoms with Crippen LogP contribution in [0.5, 0.6) is 0 Å². The maximum Gasteiger partial charge on any atom is 0.282 e. The predicted octanol–water partition coefficient (Wildman–Crippen LogP) is 3.22. The van der Waals surface area contributed by atoms with Gasteiger partial charge in [0.15, 0.2) is 6.04 Å². The fourth-order valence-electron chi connectivity index (χ4n) is 3.72. The Morgan fingerprint density at radius 2 is 1.89 bits per heavy atom. The van der Waals surface area contributed by atoms with Gasteiger partial charge in [-0.1, -0.05) is 24.3 Å². The van der Waals surface area contributed by atoms with E-state index >= 15 is 0 Å². The molecule has 0 saturated carbocycles. The van der Waals surface area contributed by atoms with E-state index in [2.05, 4.69) is 17.4 Å². The lowest BCUT2D eigenvalue weighted by Crippen LogP contribution is -3.17. The summed E-state index contributed by atoms with van der Waals surface area (Å²) in [4.78, 5) is 18.6. The third kappa shape index (κ3) is 3.87. The molecule has 0 unspecified atom stereocenters. The molecule has 1 aliphatic heterocycles. The number of fused-ring (bicyclic) bond motifs is 1. The van der Waals surface area contributed by atoms with Gasteiger partial charge in [0.1, 0.15) is 5.82 Å². The van der Waals surface area contributed by atoms with Crippen molar-refractivity contribution in [3.05, 3.63) is 59.4 Å². The molecule has 2 N–H and O–H groups in total. The van der Waals surface area contributed by atoms with E-state index in [-0.39, 0.29) is 17.6 Å². The van der Waals surface area contributed by atoms with Crippen LogP contribution in [-0.2, 0) is 4.79 Å². The summed E-state index contributed by atoms with van der Waals surface area (Å²) in [5, 5.41) is 3.93. The highest BCUT2D eigenvalue weighted by atomic mass is 32.1. The first-order valence-corrected chi connectivity index (χ1v) is 10.2. The number of benzene rings is 2. The van der Waals surface area contributed by atoms with E-state index < -0.39 is 5.82 Å². The normalized spacial score (nSPS) is 21.1. The van der Waals surface area contributed by atoms with Gasteiger partial charge < -0.3 is 10.2 Å². The van der Waals surface area contributed by atoms with Gasteiger partial charge in [0, 0.05) is 18.8 Å². The second-order valence-electron chi connectivity index (χ2n) is 7.14. The SMILES string of the molecule is C[C@@H](C(=O)Nc1ccccc1F)[NH+]1CCC(c2nc3ccccc3s2)CC1. The average Bonchev–Trinajstić information content (AvgIpc) is 3.13. The predicted molar refractivity (Wildman–Crippen MR) is 107 cm³/mol. The molecule has 1 amide bonds. The number of carbonyl (C=O) groups excluding carboxylic acids is 1. The van der Waals surface area contributed by atoms with Crippen LogP contribution in [0.1, 0.15) is 30.7 Å². The summed E-state index contributed by atoms with van der Waals surface area (Å²) >= 11 is 1.78. The Balaban J connectivity index is 1.36. The number of quaternary nitrogens is 1. The lowest BCUT2D eigenvalue weighted by molar-refractivity contribution is -0.919. The Morgan fingerprint density at radius 3 is 2.63 bits per heavy atom. The molecule has 1 fully saturated rings. The number of amides is 1. The molecule has 1 aliphatic rings. The molecule has 2 heterocycles. The van der Waals surface area contributed by atoms with Crippen LogP contribution < -0.4 is 10.2 Å². The molecule has 1 aromatic heterocycles. The maximum atomic E-state index is 13.8. The van der Waals surface area contributed by atoms with Crippen molar-refractivity contribution in [3.8, 4) is 0 Å². The summed E-state index contributed by atoms with van der Waals surface area (Å²) in [6.45, 7) is 3.77. The molecule has 0 aliphatic carbocycles. The zero-order valence-corrected chi connectivity index (χ0v) is 16.1. The van der Waals surface area contributed by atoms with Crippen molar-refractivity contribution in [1.82, 2.24) is 4.98 Å². The highest BCUT2D eigenvalue weighted by molar-refractivity contribution is 7.18. The Hall–Kier alpha value is -2.31. The van der Waals surface area contributed by atoms with Gasteiger partial charge in [-0.2, -0.15) is 0 Å². The van der Waals surface area contributed by atoms with Crippen molar-refractivity contribution in [2.45, 2.75) is 31.7 Å². The van der Waals surface area contributed by atoms with E-state index in [1.807, 2.05) is 19.1 Å². The number of carbonyl (C=O) groups is 1. The molecule has 0 radical (unpaired) electrons. The average molecular weight is 385 g/mol. The maximum absolute atomic E-state index is 13.8. The molecule has 3 aromatic rings. The monoisotopic (exact) mass is 384 g/mol. The molecule has 0 bridgehead atoms. The van der Waals surface area contributed by atoms with Crippen LogP contribution in [0.2, 0.25) is 0 Å². The minimum Gasteiger partial charge on any atom is -0.325 e. The zero-order valence-electron chi connectivity index (χ0n) is 15.2. The van der Waals surface area contributed by atoms with Gasteiger partial charge in [-0.05, 0) is 31.2 Å². The van der Waals surface area contributed by atoms with Crippen LogP contribution in [0.15, 0.2) is 48.5 Å². The number of anilines is 1. The number of halogens is 1. The van der Waals surface area contributed by atoms with E-state index in [1.54, 1.807) is 29.5 Å². The molecule has 2 aromatic carbocycles. The van der Waals surface area contributed by atoms with Crippen molar-refractivity contribution in [2.75, 3.05) is 18.4 Å². The van der Waals surface area contributed by atoms with Crippen LogP contribution >= 0.6 is 11.3 Å². The third-order valence-corrected chi connectivity index (χ3v) is 6.62. The second-order valence-corrected chi connectivity index (χ2v) is 8.21. The van der Waals surface area contributed by atoms with Gasteiger partial charge in [-0.25, -0.2) is 9.37 Å². The van der Waals surface area contributed by atoms with Gasteiger partial charge in [0.05, 0.1) is 34.0 Å². The van der Waals surface area contributed by atoms with E-state index in [9.17, 15) is 9.18 Å². The number of para-hydroxylation sites is 2. The summed E-state index contributed by atoms with van der Waals surface area (Å²) in [6.07, 6.45) is 2.04. The number of rotatable bonds is 4. The van der Waals surface area contributed by atoms with Gasteiger partial charge in [0.2, 0.25) is 0 Å². The summed E-state index contributed by atoms with van der Waals surface area (Å²) in [5.41, 5.74) is 1.32. The number of thiazole rings is 1. The molecule has 27 heavy (non-hydrogen) atoms. The van der Waals surface area contributed by atoms with Crippen molar-refractivity contribution in [2.24, 2.45) is 0 Å². The van der Waals surface area contributed by atoms with Crippen molar-refractivity contribution < 1.29 is 14.1 Å². The largest absolute Gasteiger partial charge is 0.325 e. The van der Waals surface area contributed by atoms with Crippen molar-refractivity contribution in [1.29, 1.82) is 0 Å².